The van der Waals surface area contributed by atoms with Crippen molar-refractivity contribution in [1.82, 2.24) is 4.98 Å². The third-order valence-corrected chi connectivity index (χ3v) is 4.38. The predicted molar refractivity (Wildman–Crippen MR) is 97.6 cm³/mol. The molecule has 3 rings (SSSR count). The predicted octanol–water partition coefficient (Wildman–Crippen LogP) is 4.19. The molecule has 0 fully saturated rings. The summed E-state index contributed by atoms with van der Waals surface area (Å²) in [5, 5.41) is 4.45. The number of anilines is 1. The second-order valence-corrected chi connectivity index (χ2v) is 6.54. The van der Waals surface area contributed by atoms with E-state index in [0.29, 0.717) is 11.1 Å². The van der Waals surface area contributed by atoms with Gasteiger partial charge in [-0.1, -0.05) is 29.8 Å². The number of nitrogens with one attached hydrogen (secondary N) is 1. The van der Waals surface area contributed by atoms with Gasteiger partial charge in [-0.15, -0.1) is 11.3 Å². The van der Waals surface area contributed by atoms with Crippen LogP contribution in [0.15, 0.2) is 47.8 Å². The van der Waals surface area contributed by atoms with Crippen LogP contribution < -0.4 is 5.32 Å². The van der Waals surface area contributed by atoms with Gasteiger partial charge in [-0.3, -0.25) is 4.79 Å². The summed E-state index contributed by atoms with van der Waals surface area (Å²) in [5.41, 5.74) is 2.00. The van der Waals surface area contributed by atoms with Gasteiger partial charge in [0.25, 0.3) is 5.91 Å². The highest BCUT2D eigenvalue weighted by molar-refractivity contribution is 7.13. The molecule has 8 heteroatoms. The van der Waals surface area contributed by atoms with E-state index in [-0.39, 0.29) is 11.4 Å². The standard InChI is InChI=1S/C19H14F2N2O3S/c1-11-2-4-12(5-3-11)18-23-16(10-27-18)19(25)26-9-17(24)22-15-7-13(20)6-14(21)8-15/h2-8,10H,9H2,1H3,(H,22,24). The number of ether oxygens (including phenoxy) is 1. The largest absolute Gasteiger partial charge is 0.451 e. The molecule has 0 atom stereocenters. The number of hydrogen-bond acceptors (Lipinski definition) is 5. The third kappa shape index (κ3) is 4.95. The van der Waals surface area contributed by atoms with Crippen molar-refractivity contribution in [3.8, 4) is 10.6 Å². The van der Waals surface area contributed by atoms with Crippen LogP contribution in [0.3, 0.4) is 0 Å². The molecule has 1 amide bonds. The Kier molecular flexibility index (Phi) is 5.56. The molecule has 0 aliphatic carbocycles. The molecule has 138 valence electrons. The van der Waals surface area contributed by atoms with Gasteiger partial charge in [0.2, 0.25) is 0 Å². The van der Waals surface area contributed by atoms with Crippen LogP contribution in [-0.2, 0) is 9.53 Å². The number of benzene rings is 2. The first-order valence-corrected chi connectivity index (χ1v) is 8.74. The zero-order chi connectivity index (χ0) is 19.4. The molecule has 1 heterocycles. The van der Waals surface area contributed by atoms with Crippen LogP contribution in [0.4, 0.5) is 14.5 Å². The summed E-state index contributed by atoms with van der Waals surface area (Å²) in [6, 6.07) is 10.3. The molecule has 1 aromatic heterocycles. The van der Waals surface area contributed by atoms with E-state index in [4.69, 9.17) is 4.74 Å². The Bertz CT molecular complexity index is 967. The van der Waals surface area contributed by atoms with Crippen molar-refractivity contribution in [3.05, 3.63) is 70.7 Å². The summed E-state index contributed by atoms with van der Waals surface area (Å²) in [7, 11) is 0. The second kappa shape index (κ2) is 8.05. The van der Waals surface area contributed by atoms with Crippen molar-refractivity contribution < 1.29 is 23.1 Å². The van der Waals surface area contributed by atoms with Gasteiger partial charge in [-0.25, -0.2) is 18.6 Å². The molecule has 0 unspecified atom stereocenters. The van der Waals surface area contributed by atoms with Gasteiger partial charge < -0.3 is 10.1 Å². The molecule has 2 aromatic carbocycles. The van der Waals surface area contributed by atoms with Crippen LogP contribution in [0.5, 0.6) is 0 Å². The molecule has 3 aromatic rings. The van der Waals surface area contributed by atoms with Gasteiger partial charge in [0.05, 0.1) is 0 Å². The lowest BCUT2D eigenvalue weighted by molar-refractivity contribution is -0.119. The Morgan fingerprint density at radius 3 is 2.44 bits per heavy atom. The summed E-state index contributed by atoms with van der Waals surface area (Å²) >= 11 is 1.28. The summed E-state index contributed by atoms with van der Waals surface area (Å²) in [6.45, 7) is 1.37. The molecule has 0 aliphatic heterocycles. The molecule has 0 saturated heterocycles. The number of halogens is 2. The molecule has 0 aliphatic rings. The number of hydrogen-bond donors (Lipinski definition) is 1. The van der Waals surface area contributed by atoms with E-state index in [0.717, 1.165) is 23.3 Å². The molecule has 0 spiro atoms. The fourth-order valence-corrected chi connectivity index (χ4v) is 3.02. The highest BCUT2D eigenvalue weighted by Gasteiger charge is 2.15. The van der Waals surface area contributed by atoms with Crippen molar-refractivity contribution in [2.75, 3.05) is 11.9 Å². The van der Waals surface area contributed by atoms with Crippen LogP contribution >= 0.6 is 11.3 Å². The normalized spacial score (nSPS) is 10.5. The highest BCUT2D eigenvalue weighted by atomic mass is 32.1. The Labute approximate surface area is 157 Å². The molecule has 0 saturated carbocycles. The summed E-state index contributed by atoms with van der Waals surface area (Å²) < 4.78 is 31.1. The van der Waals surface area contributed by atoms with Crippen LogP contribution in [0, 0.1) is 18.6 Å². The molecule has 1 N–H and O–H groups in total. The summed E-state index contributed by atoms with van der Waals surface area (Å²) in [5.74, 6) is -3.13. The van der Waals surface area contributed by atoms with Gasteiger partial charge in [0.15, 0.2) is 12.3 Å². The van der Waals surface area contributed by atoms with E-state index in [1.54, 1.807) is 0 Å². The lowest BCUT2D eigenvalue weighted by Crippen LogP contribution is -2.21. The van der Waals surface area contributed by atoms with Crippen molar-refractivity contribution in [2.24, 2.45) is 0 Å². The molecule has 0 radical (unpaired) electrons. The lowest BCUT2D eigenvalue weighted by atomic mass is 10.2. The molecule has 27 heavy (non-hydrogen) atoms. The average Bonchev–Trinajstić information content (AvgIpc) is 3.09. The smallest absolute Gasteiger partial charge is 0.358 e. The zero-order valence-electron chi connectivity index (χ0n) is 14.2. The van der Waals surface area contributed by atoms with Gasteiger partial charge in [-0.2, -0.15) is 0 Å². The summed E-state index contributed by atoms with van der Waals surface area (Å²) in [4.78, 5) is 28.0. The number of thiazole rings is 1. The highest BCUT2D eigenvalue weighted by Crippen LogP contribution is 2.24. The maximum absolute atomic E-state index is 13.1. The average molecular weight is 388 g/mol. The topological polar surface area (TPSA) is 68.3 Å². The SMILES string of the molecule is Cc1ccc(-c2nc(C(=O)OCC(=O)Nc3cc(F)cc(F)c3)cs2)cc1. The van der Waals surface area contributed by atoms with E-state index >= 15 is 0 Å². The Morgan fingerprint density at radius 1 is 1.11 bits per heavy atom. The number of rotatable bonds is 5. The number of aromatic nitrogens is 1. The first-order valence-electron chi connectivity index (χ1n) is 7.86. The lowest BCUT2D eigenvalue weighted by Gasteiger charge is -2.06. The van der Waals surface area contributed by atoms with E-state index < -0.39 is 30.1 Å². The number of esters is 1. The first kappa shape index (κ1) is 18.7. The quantitative estimate of drug-likeness (QED) is 0.666. The van der Waals surface area contributed by atoms with E-state index in [1.807, 2.05) is 31.2 Å². The van der Waals surface area contributed by atoms with Crippen molar-refractivity contribution in [2.45, 2.75) is 6.92 Å². The van der Waals surface area contributed by atoms with Gasteiger partial charge in [-0.05, 0) is 19.1 Å². The van der Waals surface area contributed by atoms with Gasteiger partial charge in [0, 0.05) is 22.7 Å². The number of amides is 1. The second-order valence-electron chi connectivity index (χ2n) is 5.69. The fraction of sp³-hybridized carbons (Fsp3) is 0.105. The van der Waals surface area contributed by atoms with Crippen molar-refractivity contribution >= 4 is 28.9 Å². The zero-order valence-corrected chi connectivity index (χ0v) is 15.0. The molecular formula is C19H14F2N2O3S. The maximum atomic E-state index is 13.1. The number of aryl methyl sites for hydroxylation is 1. The van der Waals surface area contributed by atoms with Crippen LogP contribution in [0.1, 0.15) is 16.1 Å². The number of nitrogens with zero attached hydrogens (tertiary/aromatic N) is 1. The van der Waals surface area contributed by atoms with E-state index in [9.17, 15) is 18.4 Å². The van der Waals surface area contributed by atoms with Gasteiger partial charge in [0.1, 0.15) is 16.6 Å². The molecular weight excluding hydrogens is 374 g/mol. The fourth-order valence-electron chi connectivity index (χ4n) is 2.22. The number of carbonyl (C=O) groups is 2. The number of carbonyl (C=O) groups excluding carboxylic acids is 2. The van der Waals surface area contributed by atoms with Crippen LogP contribution in [0.25, 0.3) is 10.6 Å². The Hall–Kier alpha value is -3.13. The Balaban J connectivity index is 1.57. The van der Waals surface area contributed by atoms with Crippen molar-refractivity contribution in [1.29, 1.82) is 0 Å². The van der Waals surface area contributed by atoms with Gasteiger partial charge >= 0.3 is 5.97 Å². The molecule has 0 bridgehead atoms. The van der Waals surface area contributed by atoms with E-state index in [2.05, 4.69) is 10.3 Å². The summed E-state index contributed by atoms with van der Waals surface area (Å²) in [6.07, 6.45) is 0. The minimum Gasteiger partial charge on any atom is -0.451 e. The van der Waals surface area contributed by atoms with Crippen molar-refractivity contribution in [3.63, 3.8) is 0 Å². The minimum atomic E-state index is -0.826. The molecule has 5 nitrogen and oxygen atoms in total. The minimum absolute atomic E-state index is 0.0659. The monoisotopic (exact) mass is 388 g/mol. The van der Waals surface area contributed by atoms with Crippen LogP contribution in [-0.4, -0.2) is 23.5 Å². The Morgan fingerprint density at radius 2 is 1.78 bits per heavy atom. The maximum Gasteiger partial charge on any atom is 0.358 e. The van der Waals surface area contributed by atoms with E-state index in [1.165, 1.54) is 16.7 Å². The third-order valence-electron chi connectivity index (χ3n) is 3.49. The first-order chi connectivity index (χ1) is 12.9. The van der Waals surface area contributed by atoms with Crippen LogP contribution in [0.2, 0.25) is 0 Å².